The molecule has 6 heteroatoms. The SMILES string of the molecule is C=CC(=O)N(CS(=O)(=O)Cc1ccccc1)c1ccc(C#N)cc1. The second kappa shape index (κ2) is 7.57. The van der Waals surface area contributed by atoms with Gasteiger partial charge in [-0.15, -0.1) is 0 Å². The van der Waals surface area contributed by atoms with E-state index in [1.54, 1.807) is 30.3 Å². The van der Waals surface area contributed by atoms with Gasteiger partial charge in [0.1, 0.15) is 5.88 Å². The predicted molar refractivity (Wildman–Crippen MR) is 92.8 cm³/mol. The standard InChI is InChI=1S/C18H16N2O3S/c1-2-18(21)20(17-10-8-15(12-19)9-11-17)14-24(22,23)13-16-6-4-3-5-7-16/h2-11H,1,13-14H2. The molecule has 0 unspecified atom stereocenters. The van der Waals surface area contributed by atoms with Crippen LogP contribution in [0.15, 0.2) is 67.3 Å². The molecular weight excluding hydrogens is 324 g/mol. The van der Waals surface area contributed by atoms with Gasteiger partial charge in [-0.3, -0.25) is 9.69 Å². The number of hydrogen-bond donors (Lipinski definition) is 0. The van der Waals surface area contributed by atoms with Gasteiger partial charge >= 0.3 is 0 Å². The molecule has 0 bridgehead atoms. The number of sulfone groups is 1. The van der Waals surface area contributed by atoms with E-state index in [9.17, 15) is 13.2 Å². The average Bonchev–Trinajstić information content (AvgIpc) is 2.59. The molecule has 0 saturated heterocycles. The summed E-state index contributed by atoms with van der Waals surface area (Å²) in [6.07, 6.45) is 1.07. The Morgan fingerprint density at radius 2 is 1.75 bits per heavy atom. The van der Waals surface area contributed by atoms with E-state index >= 15 is 0 Å². The van der Waals surface area contributed by atoms with Crippen LogP contribution in [0, 0.1) is 11.3 Å². The van der Waals surface area contributed by atoms with Crippen LogP contribution in [0.2, 0.25) is 0 Å². The Kier molecular flexibility index (Phi) is 5.51. The van der Waals surface area contributed by atoms with Crippen LogP contribution in [0.5, 0.6) is 0 Å². The third-order valence-corrected chi connectivity index (χ3v) is 4.73. The van der Waals surface area contributed by atoms with Crippen molar-refractivity contribution in [2.45, 2.75) is 5.75 Å². The van der Waals surface area contributed by atoms with Crippen LogP contribution in [0.1, 0.15) is 11.1 Å². The predicted octanol–water partition coefficient (Wildman–Crippen LogP) is 2.65. The Morgan fingerprint density at radius 3 is 2.29 bits per heavy atom. The summed E-state index contributed by atoms with van der Waals surface area (Å²) in [4.78, 5) is 13.2. The van der Waals surface area contributed by atoms with Crippen LogP contribution in [-0.2, 0) is 20.4 Å². The molecule has 0 N–H and O–H groups in total. The van der Waals surface area contributed by atoms with E-state index in [0.717, 1.165) is 11.0 Å². The first-order valence-electron chi connectivity index (χ1n) is 7.13. The summed E-state index contributed by atoms with van der Waals surface area (Å²) in [5, 5.41) is 8.83. The first kappa shape index (κ1) is 17.4. The zero-order valence-electron chi connectivity index (χ0n) is 12.9. The van der Waals surface area contributed by atoms with E-state index in [2.05, 4.69) is 6.58 Å². The summed E-state index contributed by atoms with van der Waals surface area (Å²) in [7, 11) is -3.56. The highest BCUT2D eigenvalue weighted by molar-refractivity contribution is 7.90. The normalized spacial score (nSPS) is 10.6. The first-order valence-corrected chi connectivity index (χ1v) is 8.96. The summed E-state index contributed by atoms with van der Waals surface area (Å²) >= 11 is 0. The molecule has 2 rings (SSSR count). The summed E-state index contributed by atoms with van der Waals surface area (Å²) in [6, 6.07) is 16.9. The van der Waals surface area contributed by atoms with E-state index in [4.69, 9.17) is 5.26 Å². The number of rotatable bonds is 6. The van der Waals surface area contributed by atoms with Crippen molar-refractivity contribution < 1.29 is 13.2 Å². The number of nitriles is 1. The maximum absolute atomic E-state index is 12.4. The Hall–Kier alpha value is -2.91. The number of benzene rings is 2. The summed E-state index contributed by atoms with van der Waals surface area (Å²) in [6.45, 7) is 3.42. The summed E-state index contributed by atoms with van der Waals surface area (Å²) in [5.41, 5.74) is 1.48. The van der Waals surface area contributed by atoms with Gasteiger partial charge < -0.3 is 0 Å². The minimum atomic E-state index is -3.56. The number of carbonyl (C=O) groups is 1. The van der Waals surface area contributed by atoms with Crippen LogP contribution < -0.4 is 4.90 Å². The Labute approximate surface area is 141 Å². The van der Waals surface area contributed by atoms with E-state index in [1.165, 1.54) is 24.3 Å². The highest BCUT2D eigenvalue weighted by Crippen LogP contribution is 2.18. The van der Waals surface area contributed by atoms with Gasteiger partial charge in [-0.05, 0) is 35.9 Å². The zero-order chi connectivity index (χ0) is 17.6. The van der Waals surface area contributed by atoms with Crippen molar-refractivity contribution in [2.75, 3.05) is 10.8 Å². The number of carbonyl (C=O) groups excluding carboxylic acids is 1. The van der Waals surface area contributed by atoms with Gasteiger partial charge in [0.2, 0.25) is 0 Å². The van der Waals surface area contributed by atoms with Crippen LogP contribution >= 0.6 is 0 Å². The molecule has 0 heterocycles. The quantitative estimate of drug-likeness (QED) is 0.757. The lowest BCUT2D eigenvalue weighted by atomic mass is 10.2. The fraction of sp³-hybridized carbons (Fsp3) is 0.111. The average molecular weight is 340 g/mol. The number of nitrogens with zero attached hydrogens (tertiary/aromatic N) is 2. The van der Waals surface area contributed by atoms with Crippen molar-refractivity contribution in [3.05, 3.63) is 78.4 Å². The van der Waals surface area contributed by atoms with Crippen LogP contribution in [0.3, 0.4) is 0 Å². The molecule has 1 amide bonds. The maximum atomic E-state index is 12.4. The van der Waals surface area contributed by atoms with E-state index in [1.807, 2.05) is 6.07 Å². The second-order valence-corrected chi connectivity index (χ2v) is 7.17. The fourth-order valence-electron chi connectivity index (χ4n) is 2.16. The van der Waals surface area contributed by atoms with Crippen LogP contribution in [0.25, 0.3) is 0 Å². The Morgan fingerprint density at radius 1 is 1.12 bits per heavy atom. The highest BCUT2D eigenvalue weighted by atomic mass is 32.2. The minimum absolute atomic E-state index is 0.162. The molecule has 5 nitrogen and oxygen atoms in total. The topological polar surface area (TPSA) is 78.2 Å². The lowest BCUT2D eigenvalue weighted by Crippen LogP contribution is -2.35. The number of hydrogen-bond acceptors (Lipinski definition) is 4. The lowest BCUT2D eigenvalue weighted by Gasteiger charge is -2.21. The van der Waals surface area contributed by atoms with E-state index in [0.29, 0.717) is 16.8 Å². The molecule has 2 aromatic rings. The van der Waals surface area contributed by atoms with Crippen LogP contribution in [-0.4, -0.2) is 20.2 Å². The molecule has 2 aromatic carbocycles. The van der Waals surface area contributed by atoms with E-state index < -0.39 is 21.6 Å². The van der Waals surface area contributed by atoms with Gasteiger partial charge in [0.05, 0.1) is 17.4 Å². The molecule has 0 radical (unpaired) electrons. The third kappa shape index (κ3) is 4.54. The van der Waals surface area contributed by atoms with Gasteiger partial charge in [-0.2, -0.15) is 5.26 Å². The molecule has 0 aliphatic heterocycles. The molecule has 0 aliphatic carbocycles. The summed E-state index contributed by atoms with van der Waals surface area (Å²) in [5.74, 6) is -1.14. The largest absolute Gasteiger partial charge is 0.294 e. The molecule has 0 aliphatic rings. The van der Waals surface area contributed by atoms with Crippen molar-refractivity contribution in [3.8, 4) is 6.07 Å². The molecule has 0 atom stereocenters. The molecule has 24 heavy (non-hydrogen) atoms. The molecule has 0 fully saturated rings. The third-order valence-electron chi connectivity index (χ3n) is 3.30. The van der Waals surface area contributed by atoms with Crippen molar-refractivity contribution in [2.24, 2.45) is 0 Å². The molecular formula is C18H16N2O3S. The molecule has 0 aromatic heterocycles. The van der Waals surface area contributed by atoms with Crippen LogP contribution in [0.4, 0.5) is 5.69 Å². The zero-order valence-corrected chi connectivity index (χ0v) is 13.7. The van der Waals surface area contributed by atoms with Gasteiger partial charge in [0, 0.05) is 5.69 Å². The van der Waals surface area contributed by atoms with Crippen molar-refractivity contribution in [1.29, 1.82) is 5.26 Å². The van der Waals surface area contributed by atoms with Crippen molar-refractivity contribution in [3.63, 3.8) is 0 Å². The first-order chi connectivity index (χ1) is 11.4. The van der Waals surface area contributed by atoms with Crippen molar-refractivity contribution >= 4 is 21.4 Å². The molecule has 0 spiro atoms. The smallest absolute Gasteiger partial charge is 0.251 e. The minimum Gasteiger partial charge on any atom is -0.294 e. The van der Waals surface area contributed by atoms with Gasteiger partial charge in [0.15, 0.2) is 9.84 Å². The summed E-state index contributed by atoms with van der Waals surface area (Å²) < 4.78 is 24.9. The molecule has 0 saturated carbocycles. The van der Waals surface area contributed by atoms with E-state index in [-0.39, 0.29) is 5.75 Å². The number of anilines is 1. The highest BCUT2D eigenvalue weighted by Gasteiger charge is 2.22. The fourth-order valence-corrected chi connectivity index (χ4v) is 3.62. The lowest BCUT2D eigenvalue weighted by molar-refractivity contribution is -0.114. The Bertz CT molecular complexity index is 867. The van der Waals surface area contributed by atoms with Gasteiger partial charge in [-0.25, -0.2) is 8.42 Å². The van der Waals surface area contributed by atoms with Crippen molar-refractivity contribution in [1.82, 2.24) is 0 Å². The number of amides is 1. The molecule has 122 valence electrons. The van der Waals surface area contributed by atoms with Gasteiger partial charge in [0.25, 0.3) is 5.91 Å². The van der Waals surface area contributed by atoms with Gasteiger partial charge in [-0.1, -0.05) is 36.9 Å². The Balaban J connectivity index is 2.26. The second-order valence-electron chi connectivity index (χ2n) is 5.13. The monoisotopic (exact) mass is 340 g/mol. The maximum Gasteiger partial charge on any atom is 0.251 e.